The largest absolute Gasteiger partial charge is 0.0991 e. The van der Waals surface area contributed by atoms with Crippen LogP contribution in [0, 0.1) is 5.92 Å². The average Bonchev–Trinajstić information content (AvgIpc) is 2.17. The van der Waals surface area contributed by atoms with Crippen LogP contribution in [-0.4, -0.2) is 0 Å². The minimum atomic E-state index is 0.820. The van der Waals surface area contributed by atoms with Crippen LogP contribution in [0.4, 0.5) is 0 Å². The Kier molecular flexibility index (Phi) is 8.61. The SMILES string of the molecule is C=C/C=C(C)/C=C/C=C(\C)CCCC(C)C. The predicted octanol–water partition coefficient (Wildman–Crippen LogP) is 5.45. The molecule has 0 bridgehead atoms. The molecule has 0 radical (unpaired) electrons. The standard InChI is InChI=1S/C16H26/c1-6-9-15(4)12-8-13-16(5)11-7-10-14(2)3/h6,8-9,12-14H,1,7,10-11H2,2-5H3/b12-8+,15-9+,16-13+. The van der Waals surface area contributed by atoms with E-state index in [0.29, 0.717) is 0 Å². The quantitative estimate of drug-likeness (QED) is 0.499. The number of hydrogen-bond donors (Lipinski definition) is 0. The Bertz CT molecular complexity index is 274. The molecule has 0 atom stereocenters. The molecule has 0 aliphatic carbocycles. The van der Waals surface area contributed by atoms with Gasteiger partial charge in [-0.15, -0.1) is 0 Å². The van der Waals surface area contributed by atoms with Crippen LogP contribution in [0.1, 0.15) is 47.0 Å². The van der Waals surface area contributed by atoms with Gasteiger partial charge < -0.3 is 0 Å². The lowest BCUT2D eigenvalue weighted by molar-refractivity contribution is 0.555. The van der Waals surface area contributed by atoms with E-state index in [1.54, 1.807) is 0 Å². The fourth-order valence-corrected chi connectivity index (χ4v) is 1.48. The van der Waals surface area contributed by atoms with E-state index in [-0.39, 0.29) is 0 Å². The van der Waals surface area contributed by atoms with Gasteiger partial charge in [-0.25, -0.2) is 0 Å². The fourth-order valence-electron chi connectivity index (χ4n) is 1.48. The highest BCUT2D eigenvalue weighted by molar-refractivity contribution is 5.24. The smallest absolute Gasteiger partial charge is 0.0320 e. The van der Waals surface area contributed by atoms with E-state index < -0.39 is 0 Å². The number of hydrogen-bond acceptors (Lipinski definition) is 0. The summed E-state index contributed by atoms with van der Waals surface area (Å²) in [6.45, 7) is 12.5. The first kappa shape index (κ1) is 15.0. The van der Waals surface area contributed by atoms with Crippen molar-refractivity contribution in [1.82, 2.24) is 0 Å². The maximum absolute atomic E-state index is 3.68. The van der Waals surface area contributed by atoms with E-state index in [2.05, 4.69) is 52.5 Å². The van der Waals surface area contributed by atoms with Crippen molar-refractivity contribution < 1.29 is 0 Å². The van der Waals surface area contributed by atoms with Gasteiger partial charge in [0.2, 0.25) is 0 Å². The molecule has 0 saturated carbocycles. The van der Waals surface area contributed by atoms with Crippen molar-refractivity contribution in [2.75, 3.05) is 0 Å². The van der Waals surface area contributed by atoms with E-state index in [1.165, 1.54) is 30.4 Å². The van der Waals surface area contributed by atoms with E-state index in [0.717, 1.165) is 5.92 Å². The molecule has 0 heteroatoms. The Morgan fingerprint density at radius 1 is 1.19 bits per heavy atom. The first-order chi connectivity index (χ1) is 7.56. The topological polar surface area (TPSA) is 0 Å². The summed E-state index contributed by atoms with van der Waals surface area (Å²) in [5.41, 5.74) is 2.70. The molecule has 0 unspecified atom stereocenters. The van der Waals surface area contributed by atoms with Crippen LogP contribution < -0.4 is 0 Å². The summed E-state index contributed by atoms with van der Waals surface area (Å²) in [6, 6.07) is 0. The highest BCUT2D eigenvalue weighted by Crippen LogP contribution is 2.11. The van der Waals surface area contributed by atoms with E-state index in [9.17, 15) is 0 Å². The summed E-state index contributed by atoms with van der Waals surface area (Å²) >= 11 is 0. The molecule has 0 rings (SSSR count). The Hall–Kier alpha value is -1.04. The molecular formula is C16H26. The van der Waals surface area contributed by atoms with Gasteiger partial charge in [0.1, 0.15) is 0 Å². The Labute approximate surface area is 101 Å². The van der Waals surface area contributed by atoms with Gasteiger partial charge in [-0.3, -0.25) is 0 Å². The van der Waals surface area contributed by atoms with Crippen LogP contribution in [0.2, 0.25) is 0 Å². The molecule has 0 N–H and O–H groups in total. The molecule has 0 heterocycles. The molecule has 0 aromatic carbocycles. The van der Waals surface area contributed by atoms with Crippen LogP contribution in [-0.2, 0) is 0 Å². The van der Waals surface area contributed by atoms with Crippen LogP contribution in [0.5, 0.6) is 0 Å². The zero-order chi connectivity index (χ0) is 12.4. The van der Waals surface area contributed by atoms with Crippen molar-refractivity contribution >= 4 is 0 Å². The van der Waals surface area contributed by atoms with Crippen LogP contribution in [0.15, 0.2) is 48.1 Å². The Balaban J connectivity index is 3.94. The Morgan fingerprint density at radius 3 is 2.44 bits per heavy atom. The van der Waals surface area contributed by atoms with Gasteiger partial charge >= 0.3 is 0 Å². The normalized spacial score (nSPS) is 13.8. The first-order valence-corrected chi connectivity index (χ1v) is 6.19. The van der Waals surface area contributed by atoms with Crippen molar-refractivity contribution in [3.63, 3.8) is 0 Å². The molecule has 0 nitrogen and oxygen atoms in total. The highest BCUT2D eigenvalue weighted by Gasteiger charge is 1.94. The maximum Gasteiger partial charge on any atom is -0.0320 e. The molecule has 0 aliphatic heterocycles. The molecule has 0 spiro atoms. The second-order valence-electron chi connectivity index (χ2n) is 4.80. The summed E-state index contributed by atoms with van der Waals surface area (Å²) in [6.07, 6.45) is 14.1. The van der Waals surface area contributed by atoms with Gasteiger partial charge in [-0.05, 0) is 32.6 Å². The van der Waals surface area contributed by atoms with E-state index in [4.69, 9.17) is 0 Å². The third-order valence-electron chi connectivity index (χ3n) is 2.47. The molecule has 0 aromatic heterocycles. The minimum Gasteiger partial charge on any atom is -0.0991 e. The maximum atomic E-state index is 3.68. The number of rotatable bonds is 7. The average molecular weight is 218 g/mol. The van der Waals surface area contributed by atoms with Gasteiger partial charge in [-0.1, -0.05) is 68.4 Å². The van der Waals surface area contributed by atoms with Gasteiger partial charge in [0.15, 0.2) is 0 Å². The highest BCUT2D eigenvalue weighted by atomic mass is 14.0. The van der Waals surface area contributed by atoms with Crippen LogP contribution in [0.25, 0.3) is 0 Å². The zero-order valence-corrected chi connectivity index (χ0v) is 11.3. The van der Waals surface area contributed by atoms with Gasteiger partial charge in [-0.2, -0.15) is 0 Å². The fraction of sp³-hybridized carbons (Fsp3) is 0.500. The third-order valence-corrected chi connectivity index (χ3v) is 2.47. The summed E-state index contributed by atoms with van der Waals surface area (Å²) in [7, 11) is 0. The van der Waals surface area contributed by atoms with Crippen molar-refractivity contribution in [3.8, 4) is 0 Å². The van der Waals surface area contributed by atoms with Gasteiger partial charge in [0.05, 0.1) is 0 Å². The third kappa shape index (κ3) is 9.51. The van der Waals surface area contributed by atoms with Crippen LogP contribution >= 0.6 is 0 Å². The van der Waals surface area contributed by atoms with Crippen molar-refractivity contribution in [3.05, 3.63) is 48.1 Å². The Morgan fingerprint density at radius 2 is 1.88 bits per heavy atom. The lowest BCUT2D eigenvalue weighted by atomic mass is 10.0. The summed E-state index contributed by atoms with van der Waals surface area (Å²) in [5, 5.41) is 0. The zero-order valence-electron chi connectivity index (χ0n) is 11.3. The van der Waals surface area contributed by atoms with Crippen molar-refractivity contribution in [1.29, 1.82) is 0 Å². The molecule has 0 amide bonds. The van der Waals surface area contributed by atoms with E-state index >= 15 is 0 Å². The monoisotopic (exact) mass is 218 g/mol. The molecular weight excluding hydrogens is 192 g/mol. The molecule has 16 heavy (non-hydrogen) atoms. The lowest BCUT2D eigenvalue weighted by Gasteiger charge is -2.03. The van der Waals surface area contributed by atoms with Crippen molar-refractivity contribution in [2.24, 2.45) is 5.92 Å². The summed E-state index contributed by atoms with van der Waals surface area (Å²) in [5.74, 6) is 0.820. The number of allylic oxidation sites excluding steroid dienone is 7. The summed E-state index contributed by atoms with van der Waals surface area (Å²) < 4.78 is 0. The van der Waals surface area contributed by atoms with E-state index in [1.807, 2.05) is 12.2 Å². The molecule has 0 aromatic rings. The second-order valence-corrected chi connectivity index (χ2v) is 4.80. The first-order valence-electron chi connectivity index (χ1n) is 6.19. The molecule has 0 saturated heterocycles. The molecule has 0 aliphatic rings. The van der Waals surface area contributed by atoms with Gasteiger partial charge in [0, 0.05) is 0 Å². The van der Waals surface area contributed by atoms with Crippen LogP contribution in [0.3, 0.4) is 0 Å². The lowest BCUT2D eigenvalue weighted by Crippen LogP contribution is -1.87. The molecule has 0 fully saturated rings. The summed E-state index contributed by atoms with van der Waals surface area (Å²) in [4.78, 5) is 0. The molecule has 90 valence electrons. The van der Waals surface area contributed by atoms with Gasteiger partial charge in [0.25, 0.3) is 0 Å². The predicted molar refractivity (Wildman–Crippen MR) is 75.5 cm³/mol. The minimum absolute atomic E-state index is 0.820. The second kappa shape index (κ2) is 9.21. The van der Waals surface area contributed by atoms with Crippen molar-refractivity contribution in [2.45, 2.75) is 47.0 Å².